The summed E-state index contributed by atoms with van der Waals surface area (Å²) in [6.45, 7) is 6.29. The number of nitrogens with zero attached hydrogens (tertiary/aromatic N) is 1. The van der Waals surface area contributed by atoms with Crippen LogP contribution in [0.3, 0.4) is 0 Å². The summed E-state index contributed by atoms with van der Waals surface area (Å²) in [4.78, 5) is 12.0. The van der Waals surface area contributed by atoms with E-state index in [1.165, 1.54) is 33.1 Å². The number of nitrogens with one attached hydrogen (secondary N) is 1. The average molecular weight is 400 g/mol. The van der Waals surface area contributed by atoms with Gasteiger partial charge >= 0.3 is 0 Å². The van der Waals surface area contributed by atoms with E-state index in [1.54, 1.807) is 12.1 Å². The number of carbonyl (C=O) groups excluding carboxylic acids is 1. The van der Waals surface area contributed by atoms with Gasteiger partial charge in [-0.25, -0.2) is 5.43 Å². The quantitative estimate of drug-likeness (QED) is 0.542. The van der Waals surface area contributed by atoms with Crippen molar-refractivity contribution in [2.24, 2.45) is 5.10 Å². The Morgan fingerprint density at radius 3 is 2.07 bits per heavy atom. The van der Waals surface area contributed by atoms with Crippen molar-refractivity contribution in [2.75, 3.05) is 27.9 Å². The van der Waals surface area contributed by atoms with Crippen LogP contribution in [0.4, 0.5) is 0 Å². The SMILES string of the molecule is COc1cc(/C=N\NC(=O)COc2ccc(C(C)(C)C)cc2)cc(OC)c1OC. The second kappa shape index (κ2) is 9.82. The van der Waals surface area contributed by atoms with E-state index in [0.717, 1.165) is 0 Å². The van der Waals surface area contributed by atoms with Crippen molar-refractivity contribution in [1.82, 2.24) is 5.43 Å². The van der Waals surface area contributed by atoms with Crippen molar-refractivity contribution in [1.29, 1.82) is 0 Å². The highest BCUT2D eigenvalue weighted by Crippen LogP contribution is 2.37. The Kier molecular flexibility index (Phi) is 7.47. The van der Waals surface area contributed by atoms with Crippen molar-refractivity contribution in [3.8, 4) is 23.0 Å². The van der Waals surface area contributed by atoms with Crippen molar-refractivity contribution < 1.29 is 23.7 Å². The fraction of sp³-hybridized carbons (Fsp3) is 0.364. The van der Waals surface area contributed by atoms with Gasteiger partial charge in [0.2, 0.25) is 5.75 Å². The molecule has 2 aromatic carbocycles. The van der Waals surface area contributed by atoms with Gasteiger partial charge in [-0.3, -0.25) is 4.79 Å². The van der Waals surface area contributed by atoms with Crippen LogP contribution >= 0.6 is 0 Å². The molecule has 2 aromatic rings. The predicted octanol–water partition coefficient (Wildman–Crippen LogP) is 3.54. The molecule has 0 fully saturated rings. The summed E-state index contributed by atoms with van der Waals surface area (Å²) in [6, 6.07) is 11.2. The van der Waals surface area contributed by atoms with Crippen LogP contribution in [0.1, 0.15) is 31.9 Å². The first-order valence-electron chi connectivity index (χ1n) is 9.13. The van der Waals surface area contributed by atoms with E-state index < -0.39 is 0 Å². The third-order valence-electron chi connectivity index (χ3n) is 4.18. The number of ether oxygens (including phenoxy) is 4. The lowest BCUT2D eigenvalue weighted by molar-refractivity contribution is -0.123. The van der Waals surface area contributed by atoms with Crippen molar-refractivity contribution in [2.45, 2.75) is 26.2 Å². The second-order valence-electron chi connectivity index (χ2n) is 7.31. The number of hydrazone groups is 1. The van der Waals surface area contributed by atoms with Crippen LogP contribution in [0.5, 0.6) is 23.0 Å². The molecule has 1 N–H and O–H groups in total. The summed E-state index contributed by atoms with van der Waals surface area (Å²) in [5.74, 6) is 1.75. The highest BCUT2D eigenvalue weighted by Gasteiger charge is 2.14. The maximum absolute atomic E-state index is 12.0. The summed E-state index contributed by atoms with van der Waals surface area (Å²) < 4.78 is 21.4. The predicted molar refractivity (Wildman–Crippen MR) is 112 cm³/mol. The molecule has 7 heteroatoms. The first-order valence-corrected chi connectivity index (χ1v) is 9.13. The molecular formula is C22H28N2O5. The van der Waals surface area contributed by atoms with Crippen LogP contribution in [0.2, 0.25) is 0 Å². The Morgan fingerprint density at radius 2 is 1.59 bits per heavy atom. The standard InChI is InChI=1S/C22H28N2O5/c1-22(2,3)16-7-9-17(10-8-16)29-14-20(25)24-23-13-15-11-18(26-4)21(28-6)19(12-15)27-5/h7-13H,14H2,1-6H3,(H,24,25)/b23-13-. The highest BCUT2D eigenvalue weighted by atomic mass is 16.5. The Bertz CT molecular complexity index is 829. The zero-order valence-electron chi connectivity index (χ0n) is 17.7. The topological polar surface area (TPSA) is 78.4 Å². The number of methoxy groups -OCH3 is 3. The van der Waals surface area contributed by atoms with Crippen LogP contribution in [0.25, 0.3) is 0 Å². The number of benzene rings is 2. The number of hydrogen-bond acceptors (Lipinski definition) is 6. The molecular weight excluding hydrogens is 372 g/mol. The summed E-state index contributed by atoms with van der Waals surface area (Å²) in [5.41, 5.74) is 4.38. The molecule has 0 radical (unpaired) electrons. The Labute approximate surface area is 171 Å². The van der Waals surface area contributed by atoms with E-state index in [2.05, 4.69) is 31.3 Å². The zero-order chi connectivity index (χ0) is 21.4. The molecule has 1 amide bonds. The van der Waals surface area contributed by atoms with Gasteiger partial charge in [0.15, 0.2) is 18.1 Å². The third kappa shape index (κ3) is 6.14. The number of hydrogen-bond donors (Lipinski definition) is 1. The Balaban J connectivity index is 1.93. The largest absolute Gasteiger partial charge is 0.493 e. The van der Waals surface area contributed by atoms with E-state index in [1.807, 2.05) is 24.3 Å². The zero-order valence-corrected chi connectivity index (χ0v) is 17.7. The third-order valence-corrected chi connectivity index (χ3v) is 4.18. The van der Waals surface area contributed by atoms with E-state index in [9.17, 15) is 4.79 Å². The molecule has 2 rings (SSSR count). The second-order valence-corrected chi connectivity index (χ2v) is 7.31. The minimum Gasteiger partial charge on any atom is -0.493 e. The lowest BCUT2D eigenvalue weighted by Crippen LogP contribution is -2.24. The smallest absolute Gasteiger partial charge is 0.277 e. The molecule has 0 aliphatic heterocycles. The molecule has 7 nitrogen and oxygen atoms in total. The van der Waals surface area contributed by atoms with Crippen molar-refractivity contribution in [3.63, 3.8) is 0 Å². The van der Waals surface area contributed by atoms with Gasteiger partial charge in [-0.2, -0.15) is 5.10 Å². The minimum atomic E-state index is -0.367. The molecule has 156 valence electrons. The van der Waals surface area contributed by atoms with Crippen LogP contribution in [-0.4, -0.2) is 40.1 Å². The van der Waals surface area contributed by atoms with Crippen molar-refractivity contribution >= 4 is 12.1 Å². The lowest BCUT2D eigenvalue weighted by Gasteiger charge is -2.19. The monoisotopic (exact) mass is 400 g/mol. The molecule has 0 bridgehead atoms. The maximum Gasteiger partial charge on any atom is 0.277 e. The summed E-state index contributed by atoms with van der Waals surface area (Å²) in [7, 11) is 4.60. The van der Waals surface area contributed by atoms with Crippen LogP contribution < -0.4 is 24.4 Å². The average Bonchev–Trinajstić information content (AvgIpc) is 2.71. The molecule has 0 heterocycles. The minimum absolute atomic E-state index is 0.0669. The van der Waals surface area contributed by atoms with E-state index in [4.69, 9.17) is 18.9 Å². The summed E-state index contributed by atoms with van der Waals surface area (Å²) in [5, 5.41) is 3.95. The first-order chi connectivity index (χ1) is 13.8. The number of carbonyl (C=O) groups is 1. The molecule has 0 aliphatic rings. The Morgan fingerprint density at radius 1 is 1.00 bits per heavy atom. The van der Waals surface area contributed by atoms with Crippen LogP contribution in [0.15, 0.2) is 41.5 Å². The molecule has 0 aliphatic carbocycles. The summed E-state index contributed by atoms with van der Waals surface area (Å²) >= 11 is 0. The normalized spacial score (nSPS) is 11.2. The fourth-order valence-electron chi connectivity index (χ4n) is 2.59. The molecule has 0 spiro atoms. The maximum atomic E-state index is 12.0. The van der Waals surface area contributed by atoms with E-state index >= 15 is 0 Å². The molecule has 0 saturated carbocycles. The van der Waals surface area contributed by atoms with E-state index in [0.29, 0.717) is 28.6 Å². The van der Waals surface area contributed by atoms with E-state index in [-0.39, 0.29) is 17.9 Å². The molecule has 0 aromatic heterocycles. The van der Waals surface area contributed by atoms with Gasteiger partial charge in [0, 0.05) is 5.56 Å². The van der Waals surface area contributed by atoms with Crippen LogP contribution in [-0.2, 0) is 10.2 Å². The van der Waals surface area contributed by atoms with Gasteiger partial charge in [-0.05, 0) is 35.2 Å². The number of amides is 1. The van der Waals surface area contributed by atoms with Crippen LogP contribution in [0, 0.1) is 0 Å². The van der Waals surface area contributed by atoms with Gasteiger partial charge in [0.1, 0.15) is 5.75 Å². The van der Waals surface area contributed by atoms with Gasteiger partial charge in [-0.1, -0.05) is 32.9 Å². The summed E-state index contributed by atoms with van der Waals surface area (Å²) in [6.07, 6.45) is 1.49. The fourth-order valence-corrected chi connectivity index (χ4v) is 2.59. The van der Waals surface area contributed by atoms with Gasteiger partial charge in [-0.15, -0.1) is 0 Å². The molecule has 29 heavy (non-hydrogen) atoms. The van der Waals surface area contributed by atoms with Gasteiger partial charge in [0.05, 0.1) is 27.5 Å². The van der Waals surface area contributed by atoms with Gasteiger partial charge < -0.3 is 18.9 Å². The highest BCUT2D eigenvalue weighted by molar-refractivity contribution is 5.84. The molecule has 0 unspecified atom stereocenters. The number of rotatable bonds is 8. The first kappa shape index (κ1) is 22.1. The lowest BCUT2D eigenvalue weighted by atomic mass is 9.87. The molecule has 0 atom stereocenters. The van der Waals surface area contributed by atoms with Crippen molar-refractivity contribution in [3.05, 3.63) is 47.5 Å². The Hall–Kier alpha value is -3.22. The molecule has 0 saturated heterocycles. The van der Waals surface area contributed by atoms with Gasteiger partial charge in [0.25, 0.3) is 5.91 Å².